The van der Waals surface area contributed by atoms with Crippen LogP contribution in [0.4, 0.5) is 0 Å². The van der Waals surface area contributed by atoms with Crippen molar-refractivity contribution in [3.8, 4) is 0 Å². The minimum atomic E-state index is 0.0957. The molecule has 0 bridgehead atoms. The van der Waals surface area contributed by atoms with E-state index in [0.717, 1.165) is 70.3 Å². The molecule has 8 nitrogen and oxygen atoms in total. The molecule has 2 fully saturated rings. The minimum absolute atomic E-state index is 0.0957. The Morgan fingerprint density at radius 3 is 2.77 bits per heavy atom. The SMILES string of the molecule is CC(C)NC(=O)CN1CCN(C(=NCC2CCCCO2)NCCc2ccco2)CC1. The molecular formula is C22H37N5O3. The third-order valence-electron chi connectivity index (χ3n) is 5.44. The van der Waals surface area contributed by atoms with Crippen molar-refractivity contribution in [1.29, 1.82) is 0 Å². The summed E-state index contributed by atoms with van der Waals surface area (Å²) >= 11 is 0. The lowest BCUT2D eigenvalue weighted by atomic mass is 10.1. The van der Waals surface area contributed by atoms with Gasteiger partial charge in [0.25, 0.3) is 0 Å². The Balaban J connectivity index is 1.51. The van der Waals surface area contributed by atoms with Crippen LogP contribution in [0, 0.1) is 0 Å². The Morgan fingerprint density at radius 2 is 2.10 bits per heavy atom. The quantitative estimate of drug-likeness (QED) is 0.491. The summed E-state index contributed by atoms with van der Waals surface area (Å²) in [5, 5.41) is 6.48. The van der Waals surface area contributed by atoms with Gasteiger partial charge in [-0.25, -0.2) is 0 Å². The topological polar surface area (TPSA) is 82.3 Å². The lowest BCUT2D eigenvalue weighted by Gasteiger charge is -2.36. The lowest BCUT2D eigenvalue weighted by Crippen LogP contribution is -2.54. The second-order valence-corrected chi connectivity index (χ2v) is 8.39. The molecule has 1 atom stereocenters. The number of amides is 1. The predicted octanol–water partition coefficient (Wildman–Crippen LogP) is 1.48. The molecule has 3 heterocycles. The standard InChI is InChI=1S/C22H37N5O3/c1-18(2)25-21(28)17-26-10-12-27(13-11-26)22(23-9-8-19-7-5-15-29-19)24-16-20-6-3-4-14-30-20/h5,7,15,18,20H,3-4,6,8-14,16-17H2,1-2H3,(H,23,24)(H,25,28). The molecule has 1 unspecified atom stereocenters. The average molecular weight is 420 g/mol. The molecule has 0 radical (unpaired) electrons. The Labute approximate surface area is 180 Å². The number of nitrogens with zero attached hydrogens (tertiary/aromatic N) is 3. The monoisotopic (exact) mass is 419 g/mol. The first-order valence-corrected chi connectivity index (χ1v) is 11.3. The Kier molecular flexibility index (Phi) is 9.01. The fourth-order valence-electron chi connectivity index (χ4n) is 3.85. The van der Waals surface area contributed by atoms with E-state index < -0.39 is 0 Å². The van der Waals surface area contributed by atoms with Gasteiger partial charge in [0.2, 0.25) is 5.91 Å². The molecule has 0 saturated carbocycles. The van der Waals surface area contributed by atoms with Gasteiger partial charge < -0.3 is 24.7 Å². The number of carbonyl (C=O) groups excluding carboxylic acids is 1. The molecule has 1 aromatic heterocycles. The van der Waals surface area contributed by atoms with Crippen LogP contribution in [0.25, 0.3) is 0 Å². The number of aliphatic imine (C=N–C) groups is 1. The highest BCUT2D eigenvalue weighted by atomic mass is 16.5. The summed E-state index contributed by atoms with van der Waals surface area (Å²) in [6.45, 7) is 10.2. The van der Waals surface area contributed by atoms with Crippen LogP contribution in [0.5, 0.6) is 0 Å². The van der Waals surface area contributed by atoms with E-state index in [-0.39, 0.29) is 18.1 Å². The van der Waals surface area contributed by atoms with Gasteiger partial charge >= 0.3 is 0 Å². The largest absolute Gasteiger partial charge is 0.469 e. The number of hydrogen-bond acceptors (Lipinski definition) is 5. The van der Waals surface area contributed by atoms with Gasteiger partial charge in [-0.3, -0.25) is 14.7 Å². The highest BCUT2D eigenvalue weighted by molar-refractivity contribution is 5.80. The van der Waals surface area contributed by atoms with Crippen molar-refractivity contribution in [2.75, 3.05) is 52.4 Å². The molecule has 0 aliphatic carbocycles. The van der Waals surface area contributed by atoms with Crippen LogP contribution in [0.3, 0.4) is 0 Å². The van der Waals surface area contributed by atoms with E-state index in [1.165, 1.54) is 6.42 Å². The molecule has 2 N–H and O–H groups in total. The molecule has 1 amide bonds. The minimum Gasteiger partial charge on any atom is -0.469 e. The fraction of sp³-hybridized carbons (Fsp3) is 0.727. The molecule has 2 aliphatic rings. The zero-order chi connectivity index (χ0) is 21.2. The predicted molar refractivity (Wildman–Crippen MR) is 118 cm³/mol. The zero-order valence-electron chi connectivity index (χ0n) is 18.4. The summed E-state index contributed by atoms with van der Waals surface area (Å²) in [6.07, 6.45) is 6.21. The summed E-state index contributed by atoms with van der Waals surface area (Å²) in [7, 11) is 0. The van der Waals surface area contributed by atoms with Gasteiger partial charge in [-0.1, -0.05) is 0 Å². The Morgan fingerprint density at radius 1 is 1.27 bits per heavy atom. The summed E-state index contributed by atoms with van der Waals surface area (Å²) in [5.74, 6) is 2.00. The van der Waals surface area contributed by atoms with Crippen LogP contribution in [0.15, 0.2) is 27.8 Å². The van der Waals surface area contributed by atoms with Crippen molar-refractivity contribution in [3.05, 3.63) is 24.2 Å². The van der Waals surface area contributed by atoms with Gasteiger partial charge in [0.05, 0.1) is 25.5 Å². The molecule has 2 saturated heterocycles. The van der Waals surface area contributed by atoms with E-state index in [4.69, 9.17) is 14.1 Å². The Hall–Kier alpha value is -2.06. The summed E-state index contributed by atoms with van der Waals surface area (Å²) in [5.41, 5.74) is 0. The molecule has 0 spiro atoms. The van der Waals surface area contributed by atoms with Crippen molar-refractivity contribution in [3.63, 3.8) is 0 Å². The number of furan rings is 1. The fourth-order valence-corrected chi connectivity index (χ4v) is 3.85. The van der Waals surface area contributed by atoms with Crippen LogP contribution >= 0.6 is 0 Å². The van der Waals surface area contributed by atoms with Gasteiger partial charge in [-0.2, -0.15) is 0 Å². The summed E-state index contributed by atoms with van der Waals surface area (Å²) < 4.78 is 11.3. The molecule has 8 heteroatoms. The molecule has 0 aromatic carbocycles. The number of nitrogens with one attached hydrogen (secondary N) is 2. The van der Waals surface area contributed by atoms with Gasteiger partial charge in [-0.15, -0.1) is 0 Å². The van der Waals surface area contributed by atoms with Gasteiger partial charge in [0, 0.05) is 51.8 Å². The van der Waals surface area contributed by atoms with Crippen molar-refractivity contribution < 1.29 is 13.9 Å². The van der Waals surface area contributed by atoms with E-state index in [1.807, 2.05) is 26.0 Å². The van der Waals surface area contributed by atoms with Crippen molar-refractivity contribution >= 4 is 11.9 Å². The Bertz CT molecular complexity index is 648. The molecular weight excluding hydrogens is 382 g/mol. The third-order valence-corrected chi connectivity index (χ3v) is 5.44. The number of hydrogen-bond donors (Lipinski definition) is 2. The smallest absolute Gasteiger partial charge is 0.234 e. The van der Waals surface area contributed by atoms with Crippen LogP contribution in [0.2, 0.25) is 0 Å². The molecule has 168 valence electrons. The average Bonchev–Trinajstić information content (AvgIpc) is 3.25. The maximum Gasteiger partial charge on any atom is 0.234 e. The molecule has 3 rings (SSSR count). The second-order valence-electron chi connectivity index (χ2n) is 8.39. The van der Waals surface area contributed by atoms with Crippen LogP contribution in [-0.2, 0) is 16.0 Å². The van der Waals surface area contributed by atoms with Crippen molar-refractivity contribution in [1.82, 2.24) is 20.4 Å². The summed E-state index contributed by atoms with van der Waals surface area (Å²) in [6, 6.07) is 4.09. The number of ether oxygens (including phenoxy) is 1. The number of guanidine groups is 1. The highest BCUT2D eigenvalue weighted by Crippen LogP contribution is 2.13. The maximum absolute atomic E-state index is 12.0. The highest BCUT2D eigenvalue weighted by Gasteiger charge is 2.22. The summed E-state index contributed by atoms with van der Waals surface area (Å²) in [4.78, 5) is 21.4. The maximum atomic E-state index is 12.0. The van der Waals surface area contributed by atoms with Crippen LogP contribution < -0.4 is 10.6 Å². The lowest BCUT2D eigenvalue weighted by molar-refractivity contribution is -0.123. The second kappa shape index (κ2) is 12.0. The molecule has 2 aliphatic heterocycles. The van der Waals surface area contributed by atoms with E-state index in [1.54, 1.807) is 6.26 Å². The van der Waals surface area contributed by atoms with Crippen molar-refractivity contribution in [2.45, 2.75) is 51.7 Å². The van der Waals surface area contributed by atoms with Gasteiger partial charge in [-0.05, 0) is 45.2 Å². The number of carbonyl (C=O) groups is 1. The van der Waals surface area contributed by atoms with Gasteiger partial charge in [0.15, 0.2) is 5.96 Å². The third kappa shape index (κ3) is 7.65. The van der Waals surface area contributed by atoms with Crippen molar-refractivity contribution in [2.24, 2.45) is 4.99 Å². The van der Waals surface area contributed by atoms with E-state index >= 15 is 0 Å². The number of piperazine rings is 1. The van der Waals surface area contributed by atoms with E-state index in [2.05, 4.69) is 20.4 Å². The first-order chi connectivity index (χ1) is 14.6. The first kappa shape index (κ1) is 22.6. The van der Waals surface area contributed by atoms with Crippen LogP contribution in [-0.4, -0.2) is 86.2 Å². The van der Waals surface area contributed by atoms with Gasteiger partial charge in [0.1, 0.15) is 5.76 Å². The number of rotatable bonds is 8. The first-order valence-electron chi connectivity index (χ1n) is 11.3. The van der Waals surface area contributed by atoms with E-state index in [9.17, 15) is 4.79 Å². The molecule has 1 aromatic rings. The van der Waals surface area contributed by atoms with E-state index in [0.29, 0.717) is 13.1 Å². The zero-order valence-corrected chi connectivity index (χ0v) is 18.4. The molecule has 30 heavy (non-hydrogen) atoms. The normalized spacial score (nSPS) is 21.1. The van der Waals surface area contributed by atoms with Crippen LogP contribution in [0.1, 0.15) is 38.9 Å².